The smallest absolute Gasteiger partial charge is 0.255 e. The van der Waals surface area contributed by atoms with E-state index in [0.717, 1.165) is 11.3 Å². The van der Waals surface area contributed by atoms with E-state index in [2.05, 4.69) is 10.4 Å². The average Bonchev–Trinajstić information content (AvgIpc) is 3.30. The van der Waals surface area contributed by atoms with Gasteiger partial charge in [-0.25, -0.2) is 0 Å². The first-order valence-corrected chi connectivity index (χ1v) is 8.08. The molecule has 0 spiro atoms. The normalized spacial score (nSPS) is 12.0. The molecule has 2 aromatic carbocycles. The molecule has 0 bridgehead atoms. The van der Waals surface area contributed by atoms with Gasteiger partial charge in [-0.2, -0.15) is 5.10 Å². The van der Waals surface area contributed by atoms with Crippen LogP contribution in [0.5, 0.6) is 17.2 Å². The summed E-state index contributed by atoms with van der Waals surface area (Å²) in [6.45, 7) is 0.758. The lowest BCUT2D eigenvalue weighted by Gasteiger charge is -2.05. The van der Waals surface area contributed by atoms with Crippen LogP contribution in [0, 0.1) is 0 Å². The quantitative estimate of drug-likeness (QED) is 0.765. The van der Waals surface area contributed by atoms with Crippen molar-refractivity contribution in [1.29, 1.82) is 0 Å². The van der Waals surface area contributed by atoms with Gasteiger partial charge in [0.25, 0.3) is 5.91 Å². The number of nitrogens with one attached hydrogen (secondary N) is 1. The summed E-state index contributed by atoms with van der Waals surface area (Å²) < 4.78 is 17.5. The Balaban J connectivity index is 1.43. The molecule has 0 atom stereocenters. The molecule has 1 N–H and O–H groups in total. The molecule has 0 saturated carbocycles. The monoisotopic (exact) mass is 351 g/mol. The maximum Gasteiger partial charge on any atom is 0.255 e. The minimum Gasteiger partial charge on any atom is -0.497 e. The third kappa shape index (κ3) is 3.32. The van der Waals surface area contributed by atoms with Crippen LogP contribution in [-0.4, -0.2) is 29.6 Å². The van der Waals surface area contributed by atoms with E-state index >= 15 is 0 Å². The van der Waals surface area contributed by atoms with Crippen molar-refractivity contribution in [2.75, 3.05) is 19.2 Å². The van der Waals surface area contributed by atoms with Crippen LogP contribution < -0.4 is 19.5 Å². The molecule has 26 heavy (non-hydrogen) atoms. The van der Waals surface area contributed by atoms with E-state index in [9.17, 15) is 4.79 Å². The summed E-state index contributed by atoms with van der Waals surface area (Å²) in [6, 6.07) is 12.9. The Morgan fingerprint density at radius 1 is 1.23 bits per heavy atom. The standard InChI is InChI=1S/C19H17N3O4/c1-24-16-4-2-3-13(7-16)10-22-11-15(9-20-22)21-19(23)14-5-6-17-18(8-14)26-12-25-17/h2-9,11H,10,12H2,1H3,(H,21,23). The van der Waals surface area contributed by atoms with Crippen LogP contribution in [0.25, 0.3) is 0 Å². The van der Waals surface area contributed by atoms with Crippen LogP contribution in [0.1, 0.15) is 15.9 Å². The zero-order valence-corrected chi connectivity index (χ0v) is 14.1. The third-order valence-electron chi connectivity index (χ3n) is 4.00. The number of hydrogen-bond donors (Lipinski definition) is 1. The number of amides is 1. The summed E-state index contributed by atoms with van der Waals surface area (Å²) in [5.74, 6) is 1.79. The van der Waals surface area contributed by atoms with Gasteiger partial charge in [-0.1, -0.05) is 12.1 Å². The molecule has 0 saturated heterocycles. The maximum atomic E-state index is 12.4. The summed E-state index contributed by atoms with van der Waals surface area (Å²) in [6.07, 6.45) is 3.40. The highest BCUT2D eigenvalue weighted by atomic mass is 16.7. The second kappa shape index (κ2) is 6.79. The zero-order valence-electron chi connectivity index (χ0n) is 14.1. The first-order valence-electron chi connectivity index (χ1n) is 8.08. The van der Waals surface area contributed by atoms with E-state index in [1.165, 1.54) is 0 Å². The predicted octanol–water partition coefficient (Wildman–Crippen LogP) is 2.92. The lowest BCUT2D eigenvalue weighted by atomic mass is 10.2. The molecule has 1 aliphatic heterocycles. The summed E-state index contributed by atoms with van der Waals surface area (Å²) in [5.41, 5.74) is 2.17. The maximum absolute atomic E-state index is 12.4. The minimum absolute atomic E-state index is 0.178. The molecule has 132 valence electrons. The number of hydrogen-bond acceptors (Lipinski definition) is 5. The Morgan fingerprint density at radius 2 is 2.12 bits per heavy atom. The Bertz CT molecular complexity index is 951. The fourth-order valence-electron chi connectivity index (χ4n) is 2.71. The molecule has 1 aliphatic rings. The Hall–Kier alpha value is -3.48. The van der Waals surface area contributed by atoms with Gasteiger partial charge in [0.1, 0.15) is 5.75 Å². The van der Waals surface area contributed by atoms with Crippen LogP contribution in [0.15, 0.2) is 54.9 Å². The molecular weight excluding hydrogens is 334 g/mol. The summed E-state index contributed by atoms with van der Waals surface area (Å²) in [5, 5.41) is 7.12. The fraction of sp³-hybridized carbons (Fsp3) is 0.158. The number of ether oxygens (including phenoxy) is 3. The van der Waals surface area contributed by atoms with Gasteiger partial charge in [0.15, 0.2) is 11.5 Å². The molecule has 3 aromatic rings. The van der Waals surface area contributed by atoms with Crippen molar-refractivity contribution in [2.24, 2.45) is 0 Å². The molecule has 0 unspecified atom stereocenters. The largest absolute Gasteiger partial charge is 0.497 e. The van der Waals surface area contributed by atoms with Crippen molar-refractivity contribution in [3.05, 3.63) is 66.0 Å². The molecule has 2 heterocycles. The van der Waals surface area contributed by atoms with Crippen LogP contribution in [0.4, 0.5) is 5.69 Å². The summed E-state index contributed by atoms with van der Waals surface area (Å²) in [7, 11) is 1.64. The number of nitrogens with zero attached hydrogens (tertiary/aromatic N) is 2. The van der Waals surface area contributed by atoms with Crippen molar-refractivity contribution in [2.45, 2.75) is 6.54 Å². The molecular formula is C19H17N3O4. The van der Waals surface area contributed by atoms with E-state index in [-0.39, 0.29) is 12.7 Å². The van der Waals surface area contributed by atoms with E-state index in [1.807, 2.05) is 24.3 Å². The highest BCUT2D eigenvalue weighted by Gasteiger charge is 2.16. The SMILES string of the molecule is COc1cccc(Cn2cc(NC(=O)c3ccc4c(c3)OCO4)cn2)c1. The van der Waals surface area contributed by atoms with Crippen LogP contribution in [-0.2, 0) is 6.54 Å². The molecule has 0 aliphatic carbocycles. The lowest BCUT2D eigenvalue weighted by Crippen LogP contribution is -2.11. The first-order chi connectivity index (χ1) is 12.7. The van der Waals surface area contributed by atoms with Gasteiger partial charge in [0, 0.05) is 11.8 Å². The van der Waals surface area contributed by atoms with Crippen LogP contribution in [0.3, 0.4) is 0 Å². The third-order valence-corrected chi connectivity index (χ3v) is 4.00. The number of methoxy groups -OCH3 is 1. The second-order valence-corrected chi connectivity index (χ2v) is 5.80. The number of aromatic nitrogens is 2. The van der Waals surface area contributed by atoms with Crippen molar-refractivity contribution in [3.63, 3.8) is 0 Å². The highest BCUT2D eigenvalue weighted by Crippen LogP contribution is 2.32. The van der Waals surface area contributed by atoms with Crippen molar-refractivity contribution < 1.29 is 19.0 Å². The molecule has 1 amide bonds. The Kier molecular flexibility index (Phi) is 4.18. The Morgan fingerprint density at radius 3 is 3.00 bits per heavy atom. The molecule has 0 fully saturated rings. The minimum atomic E-state index is -0.232. The van der Waals surface area contributed by atoms with E-state index in [0.29, 0.717) is 29.3 Å². The first kappa shape index (κ1) is 16.0. The predicted molar refractivity (Wildman–Crippen MR) is 94.8 cm³/mol. The number of fused-ring (bicyclic) bond motifs is 1. The van der Waals surface area contributed by atoms with Crippen molar-refractivity contribution in [3.8, 4) is 17.2 Å². The summed E-state index contributed by atoms with van der Waals surface area (Å²) >= 11 is 0. The van der Waals surface area contributed by atoms with Gasteiger partial charge < -0.3 is 19.5 Å². The van der Waals surface area contributed by atoms with Crippen LogP contribution >= 0.6 is 0 Å². The van der Waals surface area contributed by atoms with E-state index in [4.69, 9.17) is 14.2 Å². The van der Waals surface area contributed by atoms with Gasteiger partial charge in [-0.05, 0) is 35.9 Å². The number of carbonyl (C=O) groups excluding carboxylic acids is 1. The van der Waals surface area contributed by atoms with Crippen molar-refractivity contribution in [1.82, 2.24) is 9.78 Å². The van der Waals surface area contributed by atoms with E-state index in [1.54, 1.807) is 42.4 Å². The number of carbonyl (C=O) groups is 1. The van der Waals surface area contributed by atoms with Gasteiger partial charge >= 0.3 is 0 Å². The number of benzene rings is 2. The van der Waals surface area contributed by atoms with E-state index < -0.39 is 0 Å². The zero-order chi connectivity index (χ0) is 17.9. The van der Waals surface area contributed by atoms with Gasteiger partial charge in [-0.3, -0.25) is 9.48 Å². The highest BCUT2D eigenvalue weighted by molar-refractivity contribution is 6.04. The molecule has 0 radical (unpaired) electrons. The van der Waals surface area contributed by atoms with Gasteiger partial charge in [-0.15, -0.1) is 0 Å². The lowest BCUT2D eigenvalue weighted by molar-refractivity contribution is 0.102. The molecule has 7 heteroatoms. The Labute approximate surface area is 150 Å². The second-order valence-electron chi connectivity index (χ2n) is 5.80. The van der Waals surface area contributed by atoms with Crippen molar-refractivity contribution >= 4 is 11.6 Å². The molecule has 7 nitrogen and oxygen atoms in total. The molecule has 4 rings (SSSR count). The number of anilines is 1. The number of rotatable bonds is 5. The molecule has 1 aromatic heterocycles. The van der Waals surface area contributed by atoms with Gasteiger partial charge in [0.05, 0.1) is 25.5 Å². The average molecular weight is 351 g/mol. The fourth-order valence-corrected chi connectivity index (χ4v) is 2.71. The topological polar surface area (TPSA) is 74.6 Å². The van der Waals surface area contributed by atoms with Gasteiger partial charge in [0.2, 0.25) is 6.79 Å². The summed E-state index contributed by atoms with van der Waals surface area (Å²) in [4.78, 5) is 12.4. The van der Waals surface area contributed by atoms with Crippen LogP contribution in [0.2, 0.25) is 0 Å².